The van der Waals surface area contributed by atoms with Gasteiger partial charge in [0.05, 0.1) is 5.56 Å². The van der Waals surface area contributed by atoms with Gasteiger partial charge < -0.3 is 15.2 Å². The van der Waals surface area contributed by atoms with E-state index in [2.05, 4.69) is 5.32 Å². The second-order valence-electron chi connectivity index (χ2n) is 7.33. The SMILES string of the molecule is O=C(COc1ccccc1)Nc1ccccc1CCCCCc1ccccc1C(=O)O. The van der Waals surface area contributed by atoms with Crippen molar-refractivity contribution in [3.8, 4) is 5.75 Å². The summed E-state index contributed by atoms with van der Waals surface area (Å²) in [5, 5.41) is 12.2. The van der Waals surface area contributed by atoms with Crippen molar-refractivity contribution in [1.29, 1.82) is 0 Å². The Balaban J connectivity index is 1.45. The van der Waals surface area contributed by atoms with Gasteiger partial charge in [-0.1, -0.05) is 61.0 Å². The van der Waals surface area contributed by atoms with E-state index in [9.17, 15) is 14.7 Å². The van der Waals surface area contributed by atoms with E-state index in [-0.39, 0.29) is 12.5 Å². The van der Waals surface area contributed by atoms with E-state index in [1.807, 2.05) is 66.7 Å². The summed E-state index contributed by atoms with van der Waals surface area (Å²) >= 11 is 0. The summed E-state index contributed by atoms with van der Waals surface area (Å²) in [7, 11) is 0. The van der Waals surface area contributed by atoms with Crippen molar-refractivity contribution in [2.75, 3.05) is 11.9 Å². The van der Waals surface area contributed by atoms with E-state index >= 15 is 0 Å². The highest BCUT2D eigenvalue weighted by molar-refractivity contribution is 5.92. The number of anilines is 1. The fraction of sp³-hybridized carbons (Fsp3) is 0.231. The standard InChI is InChI=1S/C26H27NO4/c28-25(19-31-22-15-5-2-6-16-22)27-24-18-10-8-14-21(24)13-4-1-3-11-20-12-7-9-17-23(20)26(29)30/h2,5-10,12,14-18H,1,3-4,11,13,19H2,(H,27,28)(H,29,30). The molecule has 1 amide bonds. The van der Waals surface area contributed by atoms with E-state index < -0.39 is 5.97 Å². The van der Waals surface area contributed by atoms with Gasteiger partial charge in [-0.05, 0) is 61.1 Å². The number of para-hydroxylation sites is 2. The molecule has 0 unspecified atom stereocenters. The Morgan fingerprint density at radius 1 is 0.742 bits per heavy atom. The molecule has 0 atom stereocenters. The minimum absolute atomic E-state index is 0.0403. The van der Waals surface area contributed by atoms with Gasteiger partial charge in [0.2, 0.25) is 0 Å². The van der Waals surface area contributed by atoms with E-state index in [1.165, 1.54) is 0 Å². The molecule has 5 nitrogen and oxygen atoms in total. The first-order chi connectivity index (χ1) is 15.1. The second kappa shape index (κ2) is 11.6. The molecule has 3 aromatic rings. The van der Waals surface area contributed by atoms with Crippen LogP contribution in [0.5, 0.6) is 5.75 Å². The number of hydrogen-bond acceptors (Lipinski definition) is 3. The van der Waals surface area contributed by atoms with Crippen molar-refractivity contribution in [1.82, 2.24) is 0 Å². The number of carboxylic acid groups (broad SMARTS) is 1. The van der Waals surface area contributed by atoms with E-state index in [0.29, 0.717) is 11.3 Å². The third kappa shape index (κ3) is 7.00. The number of aromatic carboxylic acids is 1. The Morgan fingerprint density at radius 3 is 2.10 bits per heavy atom. The molecule has 2 N–H and O–H groups in total. The van der Waals surface area contributed by atoms with Crippen molar-refractivity contribution in [2.45, 2.75) is 32.1 Å². The summed E-state index contributed by atoms with van der Waals surface area (Å²) in [5.41, 5.74) is 3.15. The van der Waals surface area contributed by atoms with Crippen molar-refractivity contribution in [3.05, 3.63) is 95.6 Å². The van der Waals surface area contributed by atoms with Crippen LogP contribution in [0.15, 0.2) is 78.9 Å². The number of hydrogen-bond donors (Lipinski definition) is 2. The first-order valence-electron chi connectivity index (χ1n) is 10.5. The number of carbonyl (C=O) groups is 2. The molecule has 0 saturated carbocycles. The predicted octanol–water partition coefficient (Wildman–Crippen LogP) is 5.36. The highest BCUT2D eigenvalue weighted by Gasteiger charge is 2.09. The fourth-order valence-electron chi connectivity index (χ4n) is 3.47. The summed E-state index contributed by atoms with van der Waals surface area (Å²) in [6, 6.07) is 24.2. The molecule has 31 heavy (non-hydrogen) atoms. The molecule has 3 aromatic carbocycles. The number of aryl methyl sites for hydroxylation is 2. The maximum atomic E-state index is 12.3. The first-order valence-corrected chi connectivity index (χ1v) is 10.5. The lowest BCUT2D eigenvalue weighted by atomic mass is 9.99. The second-order valence-corrected chi connectivity index (χ2v) is 7.33. The van der Waals surface area contributed by atoms with E-state index in [0.717, 1.165) is 48.9 Å². The smallest absolute Gasteiger partial charge is 0.335 e. The summed E-state index contributed by atoms with van der Waals surface area (Å²) in [5.74, 6) is -0.409. The third-order valence-corrected chi connectivity index (χ3v) is 5.04. The van der Waals surface area contributed by atoms with Gasteiger partial charge in [0, 0.05) is 5.69 Å². The Labute approximate surface area is 182 Å². The lowest BCUT2D eigenvalue weighted by molar-refractivity contribution is -0.118. The average Bonchev–Trinajstić information content (AvgIpc) is 2.79. The monoisotopic (exact) mass is 417 g/mol. The van der Waals surface area contributed by atoms with Crippen LogP contribution in [0.4, 0.5) is 5.69 Å². The van der Waals surface area contributed by atoms with Gasteiger partial charge in [0.15, 0.2) is 6.61 Å². The predicted molar refractivity (Wildman–Crippen MR) is 122 cm³/mol. The normalized spacial score (nSPS) is 10.5. The Bertz CT molecular complexity index is 1000. The molecule has 3 rings (SSSR count). The minimum atomic E-state index is -0.878. The fourth-order valence-corrected chi connectivity index (χ4v) is 3.47. The number of carboxylic acids is 1. The molecule has 0 aromatic heterocycles. The number of carbonyl (C=O) groups excluding carboxylic acids is 1. The molecule has 0 aliphatic carbocycles. The lowest BCUT2D eigenvalue weighted by Gasteiger charge is -2.12. The quantitative estimate of drug-likeness (QED) is 0.412. The number of rotatable bonds is 11. The van der Waals surface area contributed by atoms with Crippen LogP contribution in [-0.2, 0) is 17.6 Å². The Hall–Kier alpha value is -3.60. The molecule has 0 radical (unpaired) electrons. The van der Waals surface area contributed by atoms with Crippen molar-refractivity contribution in [3.63, 3.8) is 0 Å². The highest BCUT2D eigenvalue weighted by atomic mass is 16.5. The third-order valence-electron chi connectivity index (χ3n) is 5.04. The molecule has 0 spiro atoms. The Morgan fingerprint density at radius 2 is 1.35 bits per heavy atom. The van der Waals surface area contributed by atoms with Gasteiger partial charge in [0.25, 0.3) is 5.91 Å². The molecule has 160 valence electrons. The van der Waals surface area contributed by atoms with Gasteiger partial charge >= 0.3 is 5.97 Å². The zero-order valence-corrected chi connectivity index (χ0v) is 17.4. The summed E-state index contributed by atoms with van der Waals surface area (Å²) in [6.07, 6.45) is 4.45. The van der Waals surface area contributed by atoms with Crippen LogP contribution in [0.2, 0.25) is 0 Å². The molecule has 0 fully saturated rings. The number of benzene rings is 3. The van der Waals surface area contributed by atoms with E-state index in [1.54, 1.807) is 12.1 Å². The zero-order valence-electron chi connectivity index (χ0n) is 17.4. The van der Waals surface area contributed by atoms with Crippen LogP contribution in [0.3, 0.4) is 0 Å². The number of unbranched alkanes of at least 4 members (excludes halogenated alkanes) is 2. The summed E-state index contributed by atoms with van der Waals surface area (Å²) < 4.78 is 5.51. The molecule has 0 bridgehead atoms. The van der Waals surface area contributed by atoms with Gasteiger partial charge in [-0.25, -0.2) is 4.79 Å². The largest absolute Gasteiger partial charge is 0.484 e. The Kier molecular flexibility index (Phi) is 8.23. The lowest BCUT2D eigenvalue weighted by Crippen LogP contribution is -2.20. The maximum Gasteiger partial charge on any atom is 0.335 e. The number of amides is 1. The first kappa shape index (κ1) is 22.1. The molecule has 0 aliphatic rings. The van der Waals surface area contributed by atoms with Crippen molar-refractivity contribution in [2.24, 2.45) is 0 Å². The zero-order chi connectivity index (χ0) is 21.9. The van der Waals surface area contributed by atoms with Crippen LogP contribution in [0.1, 0.15) is 40.7 Å². The van der Waals surface area contributed by atoms with Crippen LogP contribution < -0.4 is 10.1 Å². The molecule has 0 heterocycles. The van der Waals surface area contributed by atoms with Gasteiger partial charge in [0.1, 0.15) is 5.75 Å². The van der Waals surface area contributed by atoms with Gasteiger partial charge in [-0.2, -0.15) is 0 Å². The van der Waals surface area contributed by atoms with Crippen LogP contribution >= 0.6 is 0 Å². The van der Waals surface area contributed by atoms with Crippen LogP contribution in [0, 0.1) is 0 Å². The van der Waals surface area contributed by atoms with Gasteiger partial charge in [-0.3, -0.25) is 4.79 Å². The van der Waals surface area contributed by atoms with Gasteiger partial charge in [-0.15, -0.1) is 0 Å². The number of nitrogens with one attached hydrogen (secondary N) is 1. The van der Waals surface area contributed by atoms with E-state index in [4.69, 9.17) is 4.74 Å². The summed E-state index contributed by atoms with van der Waals surface area (Å²) in [4.78, 5) is 23.6. The molecular weight excluding hydrogens is 390 g/mol. The average molecular weight is 418 g/mol. The topological polar surface area (TPSA) is 75.6 Å². The number of ether oxygens (including phenoxy) is 1. The van der Waals surface area contributed by atoms with Crippen molar-refractivity contribution < 1.29 is 19.4 Å². The van der Waals surface area contributed by atoms with Crippen molar-refractivity contribution >= 4 is 17.6 Å². The maximum absolute atomic E-state index is 12.3. The molecule has 5 heteroatoms. The summed E-state index contributed by atoms with van der Waals surface area (Å²) in [6.45, 7) is -0.0403. The van der Waals surface area contributed by atoms with Crippen LogP contribution in [0.25, 0.3) is 0 Å². The molecule has 0 aliphatic heterocycles. The van der Waals surface area contributed by atoms with Crippen LogP contribution in [-0.4, -0.2) is 23.6 Å². The highest BCUT2D eigenvalue weighted by Crippen LogP contribution is 2.19. The minimum Gasteiger partial charge on any atom is -0.484 e. The molecular formula is C26H27NO4. The molecule has 0 saturated heterocycles.